The molecule has 0 atom stereocenters. The van der Waals surface area contributed by atoms with E-state index in [2.05, 4.69) is 120 Å². The van der Waals surface area contributed by atoms with Crippen molar-refractivity contribution >= 4 is 23.2 Å². The average molecular weight is 770 g/mol. The fourth-order valence-corrected chi connectivity index (χ4v) is 13.5. The molecule has 3 rings (SSSR count). The van der Waals surface area contributed by atoms with Crippen molar-refractivity contribution in [1.82, 2.24) is 0 Å². The highest BCUT2D eigenvalue weighted by atomic mass is 31.2. The molecule has 2 nitrogen and oxygen atoms in total. The first-order valence-electron chi connectivity index (χ1n) is 23.0. The standard InChI is InChI=1S/C52H82O2P/c1-6-8-10-12-14-19-23-33-43-53-52(54-44-34-24-20-15-13-11-9-7-2)42-26-22-18-16-17-21-25-35-45-55(49-39-30-27-36-46(49)3,50-40-31-28-37-47(50)4)51-41-32-29-38-48(51)5/h17,21,27-32,36-41,52H,6-16,18-20,22-26,33-35,42-45H2,1-5H3/q+1/b21-17-. The van der Waals surface area contributed by atoms with Crippen molar-refractivity contribution in [3.05, 3.63) is 102 Å². The predicted octanol–water partition coefficient (Wildman–Crippen LogP) is 14.8. The molecule has 0 bridgehead atoms. The van der Waals surface area contributed by atoms with Gasteiger partial charge in [0.2, 0.25) is 0 Å². The SMILES string of the molecule is CCCCCCCCCCOC(CCCCC/C=C\CCC[P+](c1ccccc1C)(c1ccccc1C)c1ccccc1C)OCCCCCCCCCC. The number of ether oxygens (including phenoxy) is 2. The number of benzene rings is 3. The molecule has 0 spiro atoms. The lowest BCUT2D eigenvalue weighted by Gasteiger charge is -2.31. The van der Waals surface area contributed by atoms with Gasteiger partial charge in [0, 0.05) is 13.2 Å². The number of aryl methyl sites for hydroxylation is 3. The molecule has 0 saturated heterocycles. The minimum Gasteiger partial charge on any atom is -0.353 e. The normalized spacial score (nSPS) is 12.0. The molecule has 0 unspecified atom stereocenters. The van der Waals surface area contributed by atoms with E-state index in [-0.39, 0.29) is 6.29 Å². The van der Waals surface area contributed by atoms with Crippen LogP contribution in [0.4, 0.5) is 0 Å². The zero-order valence-corrected chi connectivity index (χ0v) is 37.2. The molecule has 306 valence electrons. The quantitative estimate of drug-likeness (QED) is 0.0266. The highest BCUT2D eigenvalue weighted by Crippen LogP contribution is 2.58. The molecule has 0 amide bonds. The van der Waals surface area contributed by atoms with Gasteiger partial charge in [0.15, 0.2) is 6.29 Å². The van der Waals surface area contributed by atoms with Crippen molar-refractivity contribution in [1.29, 1.82) is 0 Å². The number of hydrogen-bond acceptors (Lipinski definition) is 2. The molecule has 0 aliphatic heterocycles. The van der Waals surface area contributed by atoms with Gasteiger partial charge in [0.25, 0.3) is 0 Å². The van der Waals surface area contributed by atoms with Crippen molar-refractivity contribution in [2.45, 2.75) is 189 Å². The van der Waals surface area contributed by atoms with Crippen LogP contribution >= 0.6 is 7.26 Å². The van der Waals surface area contributed by atoms with Crippen LogP contribution < -0.4 is 15.9 Å². The third-order valence-corrected chi connectivity index (χ3v) is 16.5. The zero-order chi connectivity index (χ0) is 39.2. The summed E-state index contributed by atoms with van der Waals surface area (Å²) in [5.41, 5.74) is 4.24. The van der Waals surface area contributed by atoms with Crippen molar-refractivity contribution in [2.24, 2.45) is 0 Å². The number of unbranched alkanes of at least 4 members (excludes halogenated alkanes) is 18. The fraction of sp³-hybridized carbons (Fsp3) is 0.615. The molecule has 0 aliphatic carbocycles. The molecule has 3 heteroatoms. The second-order valence-electron chi connectivity index (χ2n) is 16.3. The molecule has 0 heterocycles. The zero-order valence-electron chi connectivity index (χ0n) is 36.3. The van der Waals surface area contributed by atoms with E-state index >= 15 is 0 Å². The summed E-state index contributed by atoms with van der Waals surface area (Å²) >= 11 is 0. The topological polar surface area (TPSA) is 18.5 Å². The molecule has 3 aromatic rings. The summed E-state index contributed by atoms with van der Waals surface area (Å²) in [4.78, 5) is 0. The maximum atomic E-state index is 6.34. The Bertz CT molecular complexity index is 1280. The van der Waals surface area contributed by atoms with Gasteiger partial charge in [-0.2, -0.15) is 0 Å². The number of rotatable bonds is 33. The van der Waals surface area contributed by atoms with Crippen LogP contribution in [0.15, 0.2) is 84.9 Å². The van der Waals surface area contributed by atoms with Crippen LogP contribution in [0, 0.1) is 20.8 Å². The minimum atomic E-state index is -1.84. The van der Waals surface area contributed by atoms with Crippen LogP contribution in [0.1, 0.15) is 178 Å². The molecular weight excluding hydrogens is 688 g/mol. The third-order valence-electron chi connectivity index (χ3n) is 11.5. The summed E-state index contributed by atoms with van der Waals surface area (Å²) in [5, 5.41) is 4.64. The fourth-order valence-electron chi connectivity index (χ4n) is 8.27. The minimum absolute atomic E-state index is 0.0250. The summed E-state index contributed by atoms with van der Waals surface area (Å²) in [7, 11) is -1.84. The second-order valence-corrected chi connectivity index (χ2v) is 19.8. The Hall–Kier alpha value is -2.25. The summed E-state index contributed by atoms with van der Waals surface area (Å²) < 4.78 is 12.7. The molecule has 3 aromatic carbocycles. The summed E-state index contributed by atoms with van der Waals surface area (Å²) in [5.74, 6) is 0. The molecule has 0 fully saturated rings. The van der Waals surface area contributed by atoms with Gasteiger partial charge in [0.1, 0.15) is 23.2 Å². The van der Waals surface area contributed by atoms with Gasteiger partial charge in [-0.05, 0) is 107 Å². The maximum Gasteiger partial charge on any atom is 0.157 e. The van der Waals surface area contributed by atoms with Gasteiger partial charge in [-0.3, -0.25) is 0 Å². The Labute approximate surface area is 341 Å². The first-order valence-corrected chi connectivity index (χ1v) is 25.0. The van der Waals surface area contributed by atoms with Crippen LogP contribution in [-0.4, -0.2) is 25.7 Å². The van der Waals surface area contributed by atoms with E-state index in [4.69, 9.17) is 9.47 Å². The molecule has 55 heavy (non-hydrogen) atoms. The van der Waals surface area contributed by atoms with E-state index in [1.54, 1.807) is 15.9 Å². The van der Waals surface area contributed by atoms with E-state index in [1.807, 2.05) is 0 Å². The van der Waals surface area contributed by atoms with Gasteiger partial charge >= 0.3 is 0 Å². The Kier molecular flexibility index (Phi) is 25.6. The van der Waals surface area contributed by atoms with Crippen LogP contribution in [0.25, 0.3) is 0 Å². The van der Waals surface area contributed by atoms with E-state index in [0.717, 1.165) is 32.5 Å². The Morgan fingerprint density at radius 1 is 0.436 bits per heavy atom. The Balaban J connectivity index is 1.46. The summed E-state index contributed by atoms with van der Waals surface area (Å²) in [6.07, 6.45) is 35.6. The second kappa shape index (κ2) is 29.9. The molecule has 0 aliphatic rings. The largest absolute Gasteiger partial charge is 0.353 e. The molecule has 0 aromatic heterocycles. The van der Waals surface area contributed by atoms with Crippen molar-refractivity contribution in [3.8, 4) is 0 Å². The Morgan fingerprint density at radius 3 is 1.22 bits per heavy atom. The monoisotopic (exact) mass is 770 g/mol. The van der Waals surface area contributed by atoms with E-state index in [9.17, 15) is 0 Å². The Morgan fingerprint density at radius 2 is 0.800 bits per heavy atom. The summed E-state index contributed by atoms with van der Waals surface area (Å²) in [6.45, 7) is 13.2. The van der Waals surface area contributed by atoms with Gasteiger partial charge in [-0.1, -0.05) is 177 Å². The predicted molar refractivity (Wildman–Crippen MR) is 247 cm³/mol. The lowest BCUT2D eigenvalue weighted by atomic mass is 10.1. The van der Waals surface area contributed by atoms with Crippen molar-refractivity contribution in [3.63, 3.8) is 0 Å². The van der Waals surface area contributed by atoms with Gasteiger partial charge in [-0.25, -0.2) is 0 Å². The lowest BCUT2D eigenvalue weighted by Crippen LogP contribution is -2.37. The van der Waals surface area contributed by atoms with Crippen LogP contribution in [0.2, 0.25) is 0 Å². The van der Waals surface area contributed by atoms with E-state index < -0.39 is 7.26 Å². The average Bonchev–Trinajstić information content (AvgIpc) is 3.19. The van der Waals surface area contributed by atoms with Crippen molar-refractivity contribution < 1.29 is 9.47 Å². The van der Waals surface area contributed by atoms with Gasteiger partial charge in [0.05, 0.1) is 6.16 Å². The molecule has 0 radical (unpaired) electrons. The molecular formula is C52H82O2P+. The highest BCUT2D eigenvalue weighted by Gasteiger charge is 2.47. The lowest BCUT2D eigenvalue weighted by molar-refractivity contribution is -0.148. The van der Waals surface area contributed by atoms with Gasteiger partial charge < -0.3 is 9.47 Å². The van der Waals surface area contributed by atoms with Crippen LogP contribution in [-0.2, 0) is 9.47 Å². The maximum absolute atomic E-state index is 6.34. The van der Waals surface area contributed by atoms with Crippen LogP contribution in [0.3, 0.4) is 0 Å². The third kappa shape index (κ3) is 17.8. The first kappa shape index (κ1) is 47.1. The van der Waals surface area contributed by atoms with Gasteiger partial charge in [-0.15, -0.1) is 0 Å². The first-order chi connectivity index (χ1) is 27.0. The molecule has 0 saturated carbocycles. The smallest absolute Gasteiger partial charge is 0.157 e. The molecule has 0 N–H and O–H groups in total. The van der Waals surface area contributed by atoms with Crippen LogP contribution in [0.5, 0.6) is 0 Å². The van der Waals surface area contributed by atoms with E-state index in [0.29, 0.717) is 0 Å². The van der Waals surface area contributed by atoms with Crippen molar-refractivity contribution in [2.75, 3.05) is 19.4 Å². The number of hydrogen-bond donors (Lipinski definition) is 0. The van der Waals surface area contributed by atoms with E-state index in [1.165, 1.54) is 151 Å². The highest BCUT2D eigenvalue weighted by molar-refractivity contribution is 7.96. The summed E-state index contributed by atoms with van der Waals surface area (Å²) in [6, 6.07) is 27.6. The number of allylic oxidation sites excluding steroid dienone is 2.